The van der Waals surface area contributed by atoms with Gasteiger partial charge < -0.3 is 9.64 Å². The third-order valence-electron chi connectivity index (χ3n) is 3.79. The first kappa shape index (κ1) is 18.0. The van der Waals surface area contributed by atoms with Crippen molar-refractivity contribution in [1.82, 2.24) is 9.62 Å². The van der Waals surface area contributed by atoms with Crippen LogP contribution in [0.4, 0.5) is 0 Å². The molecule has 0 radical (unpaired) electrons. The van der Waals surface area contributed by atoms with Gasteiger partial charge >= 0.3 is 0 Å². The molecule has 128 valence electrons. The third-order valence-corrected chi connectivity index (χ3v) is 5.58. The number of likely N-dealkylation sites (tertiary alicyclic amines) is 1. The summed E-state index contributed by atoms with van der Waals surface area (Å²) < 4.78 is 32.6. The highest BCUT2D eigenvalue weighted by Crippen LogP contribution is 2.27. The molecule has 23 heavy (non-hydrogen) atoms. The SMILES string of the molecule is COc1ccc(Cl)cc1S(=O)(=O)N[C@@H](C)C(=O)N1CCCCC1. The number of carbonyl (C=O) groups excluding carboxylic acids is 1. The molecule has 1 aromatic rings. The van der Waals surface area contributed by atoms with Crippen LogP contribution in [0.1, 0.15) is 26.2 Å². The number of halogens is 1. The predicted octanol–water partition coefficient (Wildman–Crippen LogP) is 2.03. The Labute approximate surface area is 141 Å². The Kier molecular flexibility index (Phi) is 5.89. The summed E-state index contributed by atoms with van der Waals surface area (Å²) in [6, 6.07) is 3.48. The van der Waals surface area contributed by atoms with Crippen LogP contribution >= 0.6 is 11.6 Å². The first-order chi connectivity index (χ1) is 10.8. The second kappa shape index (κ2) is 7.51. The number of hydrogen-bond acceptors (Lipinski definition) is 4. The van der Waals surface area contributed by atoms with Gasteiger partial charge in [0.05, 0.1) is 13.2 Å². The second-order valence-corrected chi connectivity index (χ2v) is 7.64. The van der Waals surface area contributed by atoms with Gasteiger partial charge in [-0.05, 0) is 44.4 Å². The molecule has 0 bridgehead atoms. The van der Waals surface area contributed by atoms with Gasteiger partial charge in [0.15, 0.2) is 0 Å². The lowest BCUT2D eigenvalue weighted by molar-refractivity contribution is -0.133. The van der Waals surface area contributed by atoms with Gasteiger partial charge in [0.1, 0.15) is 10.6 Å². The molecule has 0 saturated carbocycles. The zero-order chi connectivity index (χ0) is 17.0. The Hall–Kier alpha value is -1.31. The Bertz CT molecular complexity index is 672. The number of piperidine rings is 1. The smallest absolute Gasteiger partial charge is 0.245 e. The lowest BCUT2D eigenvalue weighted by Crippen LogP contribution is -2.48. The average molecular weight is 361 g/mol. The normalized spacial score (nSPS) is 16.9. The van der Waals surface area contributed by atoms with Crippen molar-refractivity contribution in [2.24, 2.45) is 0 Å². The Morgan fingerprint density at radius 2 is 1.96 bits per heavy atom. The molecule has 1 aliphatic rings. The van der Waals surface area contributed by atoms with Gasteiger partial charge in [-0.25, -0.2) is 8.42 Å². The van der Waals surface area contributed by atoms with Crippen LogP contribution < -0.4 is 9.46 Å². The highest BCUT2D eigenvalue weighted by Gasteiger charge is 2.28. The van der Waals surface area contributed by atoms with Crippen LogP contribution in [-0.4, -0.2) is 45.5 Å². The third kappa shape index (κ3) is 4.37. The molecular formula is C15H21ClN2O4S. The molecule has 2 rings (SSSR count). The standard InChI is InChI=1S/C15H21ClN2O4S/c1-11(15(19)18-8-4-3-5-9-18)17-23(20,21)14-10-12(16)6-7-13(14)22-2/h6-7,10-11,17H,3-5,8-9H2,1-2H3/t11-/m0/s1. The van der Waals surface area contributed by atoms with E-state index in [2.05, 4.69) is 4.72 Å². The Morgan fingerprint density at radius 1 is 1.30 bits per heavy atom. The summed E-state index contributed by atoms with van der Waals surface area (Å²) in [5, 5.41) is 0.279. The molecule has 0 spiro atoms. The molecule has 0 unspecified atom stereocenters. The van der Waals surface area contributed by atoms with Gasteiger partial charge in [0.25, 0.3) is 0 Å². The number of carbonyl (C=O) groups is 1. The van der Waals surface area contributed by atoms with E-state index in [0.717, 1.165) is 19.3 Å². The number of ether oxygens (including phenoxy) is 1. The van der Waals surface area contributed by atoms with E-state index < -0.39 is 16.1 Å². The highest BCUT2D eigenvalue weighted by atomic mass is 35.5. The molecule has 1 N–H and O–H groups in total. The molecule has 6 nitrogen and oxygen atoms in total. The van der Waals surface area contributed by atoms with Crippen molar-refractivity contribution in [3.8, 4) is 5.75 Å². The topological polar surface area (TPSA) is 75.7 Å². The molecule has 1 aliphatic heterocycles. The van der Waals surface area contributed by atoms with E-state index >= 15 is 0 Å². The quantitative estimate of drug-likeness (QED) is 0.871. The summed E-state index contributed by atoms with van der Waals surface area (Å²) in [5.41, 5.74) is 0. The van der Waals surface area contributed by atoms with E-state index in [1.165, 1.54) is 19.2 Å². The molecular weight excluding hydrogens is 340 g/mol. The molecule has 8 heteroatoms. The number of methoxy groups -OCH3 is 1. The van der Waals surface area contributed by atoms with Crippen molar-refractivity contribution >= 4 is 27.5 Å². The van der Waals surface area contributed by atoms with Crippen LogP contribution in [-0.2, 0) is 14.8 Å². The summed E-state index contributed by atoms with van der Waals surface area (Å²) in [6.45, 7) is 2.89. The van der Waals surface area contributed by atoms with E-state index in [4.69, 9.17) is 16.3 Å². The fourth-order valence-electron chi connectivity index (χ4n) is 2.60. The lowest BCUT2D eigenvalue weighted by Gasteiger charge is -2.29. The van der Waals surface area contributed by atoms with Crippen molar-refractivity contribution in [2.75, 3.05) is 20.2 Å². The Morgan fingerprint density at radius 3 is 2.57 bits per heavy atom. The zero-order valence-corrected chi connectivity index (χ0v) is 14.8. The summed E-state index contributed by atoms with van der Waals surface area (Å²) in [7, 11) is -2.54. The van der Waals surface area contributed by atoms with E-state index in [-0.39, 0.29) is 21.6 Å². The van der Waals surface area contributed by atoms with Crippen LogP contribution in [0.2, 0.25) is 5.02 Å². The van der Waals surface area contributed by atoms with Gasteiger partial charge in [-0.3, -0.25) is 4.79 Å². The molecule has 1 aromatic carbocycles. The fourth-order valence-corrected chi connectivity index (χ4v) is 4.22. The van der Waals surface area contributed by atoms with Gasteiger partial charge in [0.2, 0.25) is 15.9 Å². The molecule has 0 aromatic heterocycles. The van der Waals surface area contributed by atoms with Crippen LogP contribution in [0.5, 0.6) is 5.75 Å². The Balaban J connectivity index is 2.17. The minimum atomic E-state index is -3.92. The summed E-state index contributed by atoms with van der Waals surface area (Å²) >= 11 is 5.88. The molecule has 0 aliphatic carbocycles. The summed E-state index contributed by atoms with van der Waals surface area (Å²) in [6.07, 6.45) is 3.00. The van der Waals surface area contributed by atoms with Gasteiger partial charge in [0, 0.05) is 18.1 Å². The van der Waals surface area contributed by atoms with Crippen molar-refractivity contribution < 1.29 is 17.9 Å². The average Bonchev–Trinajstić information content (AvgIpc) is 2.54. The van der Waals surface area contributed by atoms with E-state index in [1.807, 2.05) is 0 Å². The van der Waals surface area contributed by atoms with E-state index in [9.17, 15) is 13.2 Å². The number of nitrogens with zero attached hydrogens (tertiary/aromatic N) is 1. The monoisotopic (exact) mass is 360 g/mol. The summed E-state index contributed by atoms with van der Waals surface area (Å²) in [4.78, 5) is 14.0. The molecule has 1 saturated heterocycles. The number of rotatable bonds is 5. The van der Waals surface area contributed by atoms with Gasteiger partial charge in [-0.2, -0.15) is 4.72 Å². The van der Waals surface area contributed by atoms with Gasteiger partial charge in [-0.1, -0.05) is 11.6 Å². The maximum absolute atomic E-state index is 12.5. The predicted molar refractivity (Wildman–Crippen MR) is 88.2 cm³/mol. The first-order valence-electron chi connectivity index (χ1n) is 7.50. The molecule has 1 atom stereocenters. The lowest BCUT2D eigenvalue weighted by atomic mass is 10.1. The number of nitrogens with one attached hydrogen (secondary N) is 1. The minimum absolute atomic E-state index is 0.0780. The molecule has 1 heterocycles. The number of amides is 1. The van der Waals surface area contributed by atoms with Crippen molar-refractivity contribution in [2.45, 2.75) is 37.1 Å². The van der Waals surface area contributed by atoms with Crippen molar-refractivity contribution in [3.05, 3.63) is 23.2 Å². The van der Waals surface area contributed by atoms with Crippen LogP contribution in [0.15, 0.2) is 23.1 Å². The van der Waals surface area contributed by atoms with Crippen molar-refractivity contribution in [3.63, 3.8) is 0 Å². The number of sulfonamides is 1. The fraction of sp³-hybridized carbons (Fsp3) is 0.533. The zero-order valence-electron chi connectivity index (χ0n) is 13.2. The van der Waals surface area contributed by atoms with Crippen molar-refractivity contribution in [1.29, 1.82) is 0 Å². The van der Waals surface area contributed by atoms with E-state index in [1.54, 1.807) is 17.9 Å². The minimum Gasteiger partial charge on any atom is -0.495 e. The maximum atomic E-state index is 12.5. The highest BCUT2D eigenvalue weighted by molar-refractivity contribution is 7.89. The number of benzene rings is 1. The number of hydrogen-bond donors (Lipinski definition) is 1. The largest absolute Gasteiger partial charge is 0.495 e. The molecule has 1 amide bonds. The van der Waals surface area contributed by atoms with Crippen LogP contribution in [0, 0.1) is 0 Å². The molecule has 1 fully saturated rings. The van der Waals surface area contributed by atoms with Crippen LogP contribution in [0.25, 0.3) is 0 Å². The van der Waals surface area contributed by atoms with E-state index in [0.29, 0.717) is 13.1 Å². The first-order valence-corrected chi connectivity index (χ1v) is 9.36. The van der Waals surface area contributed by atoms with Gasteiger partial charge in [-0.15, -0.1) is 0 Å². The van der Waals surface area contributed by atoms with Crippen LogP contribution in [0.3, 0.4) is 0 Å². The second-order valence-electron chi connectivity index (χ2n) is 5.52. The summed E-state index contributed by atoms with van der Waals surface area (Å²) in [5.74, 6) is -0.0335. The maximum Gasteiger partial charge on any atom is 0.245 e.